The average Bonchev–Trinajstić information content (AvgIpc) is 3.16. The van der Waals surface area contributed by atoms with Gasteiger partial charge in [0.15, 0.2) is 11.6 Å². The maximum Gasteiger partial charge on any atom is 0.269 e. The van der Waals surface area contributed by atoms with Gasteiger partial charge in [-0.05, 0) is 43.8 Å². The molecular formula is C23H22F2N4O3S. The minimum absolute atomic E-state index is 0.0277. The Labute approximate surface area is 190 Å². The molecule has 0 saturated heterocycles. The first-order valence-corrected chi connectivity index (χ1v) is 11.6. The van der Waals surface area contributed by atoms with E-state index in [4.69, 9.17) is 4.74 Å². The van der Waals surface area contributed by atoms with Crippen LogP contribution in [0.3, 0.4) is 0 Å². The van der Waals surface area contributed by atoms with E-state index in [-0.39, 0.29) is 22.9 Å². The first kappa shape index (κ1) is 22.7. The minimum Gasteiger partial charge on any atom is -0.494 e. The monoisotopic (exact) mass is 472 g/mol. The van der Waals surface area contributed by atoms with Crippen LogP contribution < -0.4 is 15.4 Å². The molecule has 4 rings (SSSR count). The van der Waals surface area contributed by atoms with Crippen molar-refractivity contribution in [3.8, 4) is 5.75 Å². The third-order valence-electron chi connectivity index (χ3n) is 5.01. The van der Waals surface area contributed by atoms with E-state index in [1.165, 1.54) is 36.8 Å². The van der Waals surface area contributed by atoms with Crippen molar-refractivity contribution in [2.45, 2.75) is 18.4 Å². The van der Waals surface area contributed by atoms with Gasteiger partial charge in [-0.2, -0.15) is 0 Å². The summed E-state index contributed by atoms with van der Waals surface area (Å²) in [4.78, 5) is 3.93. The second-order valence-corrected chi connectivity index (χ2v) is 9.04. The summed E-state index contributed by atoms with van der Waals surface area (Å²) in [7, 11) is -2.19. The summed E-state index contributed by atoms with van der Waals surface area (Å²) in [6.45, 7) is 2.43. The summed E-state index contributed by atoms with van der Waals surface area (Å²) in [5.74, 6) is -1.57. The van der Waals surface area contributed by atoms with Crippen molar-refractivity contribution < 1.29 is 21.9 Å². The van der Waals surface area contributed by atoms with Gasteiger partial charge in [0.25, 0.3) is 10.0 Å². The van der Waals surface area contributed by atoms with E-state index in [9.17, 15) is 17.2 Å². The van der Waals surface area contributed by atoms with Gasteiger partial charge in [-0.3, -0.25) is 4.98 Å². The Balaban J connectivity index is 1.81. The zero-order valence-corrected chi connectivity index (χ0v) is 18.8. The number of nitrogens with zero attached hydrogens (tertiary/aromatic N) is 2. The lowest BCUT2D eigenvalue weighted by molar-refractivity contribution is 0.336. The molecule has 0 unspecified atom stereocenters. The standard InChI is InChI=1S/C23H22F2N4O3S/c1-3-32-17-10-20(24)23(21(25)11-17)28-16-6-7-19-15(12-26-2)14-29(22(19)9-16)33(30,31)18-5-4-8-27-13-18/h4-11,13-14,26,28H,3,12H2,1-2H3. The van der Waals surface area contributed by atoms with Gasteiger partial charge in [0, 0.05) is 48.3 Å². The molecule has 0 saturated carbocycles. The molecule has 0 spiro atoms. The Morgan fingerprint density at radius 1 is 1.12 bits per heavy atom. The third-order valence-corrected chi connectivity index (χ3v) is 6.67. The highest BCUT2D eigenvalue weighted by Crippen LogP contribution is 2.32. The van der Waals surface area contributed by atoms with E-state index in [1.807, 2.05) is 0 Å². The van der Waals surface area contributed by atoms with Gasteiger partial charge in [-0.15, -0.1) is 0 Å². The Morgan fingerprint density at radius 3 is 2.52 bits per heavy atom. The molecule has 7 nitrogen and oxygen atoms in total. The number of anilines is 2. The molecule has 2 aromatic carbocycles. The van der Waals surface area contributed by atoms with Gasteiger partial charge in [0.2, 0.25) is 0 Å². The normalized spacial score (nSPS) is 11.6. The number of benzene rings is 2. The molecule has 0 atom stereocenters. The molecule has 0 aliphatic carbocycles. The number of halogens is 2. The highest BCUT2D eigenvalue weighted by Gasteiger charge is 2.22. The fourth-order valence-corrected chi connectivity index (χ4v) is 4.90. The Kier molecular flexibility index (Phi) is 6.30. The zero-order valence-electron chi connectivity index (χ0n) is 18.0. The first-order chi connectivity index (χ1) is 15.8. The molecular weight excluding hydrogens is 450 g/mol. The van der Waals surface area contributed by atoms with E-state index in [2.05, 4.69) is 15.6 Å². The smallest absolute Gasteiger partial charge is 0.269 e. The maximum atomic E-state index is 14.5. The van der Waals surface area contributed by atoms with Crippen LogP contribution in [-0.4, -0.2) is 31.0 Å². The van der Waals surface area contributed by atoms with Gasteiger partial charge in [-0.1, -0.05) is 6.07 Å². The van der Waals surface area contributed by atoms with E-state index in [1.54, 1.807) is 26.1 Å². The average molecular weight is 473 g/mol. The summed E-state index contributed by atoms with van der Waals surface area (Å²) in [6, 6.07) is 10.1. The van der Waals surface area contributed by atoms with Crippen LogP contribution in [0.15, 0.2) is 66.0 Å². The summed E-state index contributed by atoms with van der Waals surface area (Å²) < 4.78 is 62.0. The SMILES string of the molecule is CCOc1cc(F)c(Nc2ccc3c(CNC)cn(S(=O)(=O)c4cccnc4)c3c2)c(F)c1. The van der Waals surface area contributed by atoms with Crippen molar-refractivity contribution in [2.75, 3.05) is 19.0 Å². The van der Waals surface area contributed by atoms with Gasteiger partial charge in [0.05, 0.1) is 12.1 Å². The van der Waals surface area contributed by atoms with Gasteiger partial charge < -0.3 is 15.4 Å². The molecule has 0 radical (unpaired) electrons. The van der Waals surface area contributed by atoms with E-state index in [0.717, 1.165) is 21.7 Å². The van der Waals surface area contributed by atoms with E-state index in [0.29, 0.717) is 23.1 Å². The Hall–Kier alpha value is -3.50. The molecule has 2 N–H and O–H groups in total. The molecule has 2 aromatic heterocycles. The molecule has 0 aliphatic heterocycles. The Morgan fingerprint density at radius 2 is 1.88 bits per heavy atom. The van der Waals surface area contributed by atoms with Crippen molar-refractivity contribution in [1.82, 2.24) is 14.3 Å². The van der Waals surface area contributed by atoms with Crippen molar-refractivity contribution in [3.05, 3.63) is 78.3 Å². The van der Waals surface area contributed by atoms with Crippen LogP contribution in [0.2, 0.25) is 0 Å². The van der Waals surface area contributed by atoms with Crippen molar-refractivity contribution in [2.24, 2.45) is 0 Å². The molecule has 10 heteroatoms. The van der Waals surface area contributed by atoms with Crippen LogP contribution in [0.4, 0.5) is 20.2 Å². The molecule has 33 heavy (non-hydrogen) atoms. The topological polar surface area (TPSA) is 85.2 Å². The fourth-order valence-electron chi connectivity index (χ4n) is 3.55. The minimum atomic E-state index is -3.95. The lowest BCUT2D eigenvalue weighted by atomic mass is 10.1. The van der Waals surface area contributed by atoms with Crippen molar-refractivity contribution >= 4 is 32.3 Å². The summed E-state index contributed by atoms with van der Waals surface area (Å²) in [5, 5.41) is 6.43. The zero-order chi connectivity index (χ0) is 23.6. The molecule has 0 aliphatic rings. The summed E-state index contributed by atoms with van der Waals surface area (Å²) in [5.41, 5.74) is 1.08. The van der Waals surface area contributed by atoms with Crippen LogP contribution in [0.25, 0.3) is 10.9 Å². The Bertz CT molecular complexity index is 1380. The van der Waals surface area contributed by atoms with Crippen molar-refractivity contribution in [3.63, 3.8) is 0 Å². The van der Waals surface area contributed by atoms with Crippen LogP contribution >= 0.6 is 0 Å². The van der Waals surface area contributed by atoms with Crippen LogP contribution in [0, 0.1) is 11.6 Å². The van der Waals surface area contributed by atoms with Crippen LogP contribution in [0.5, 0.6) is 5.75 Å². The van der Waals surface area contributed by atoms with Crippen LogP contribution in [0.1, 0.15) is 12.5 Å². The van der Waals surface area contributed by atoms with E-state index < -0.39 is 21.7 Å². The molecule has 4 aromatic rings. The van der Waals surface area contributed by atoms with Crippen LogP contribution in [-0.2, 0) is 16.6 Å². The predicted octanol–water partition coefficient (Wildman–Crippen LogP) is 4.41. The second kappa shape index (κ2) is 9.16. The third kappa shape index (κ3) is 4.39. The van der Waals surface area contributed by atoms with E-state index >= 15 is 0 Å². The number of aromatic nitrogens is 2. The number of fused-ring (bicyclic) bond motifs is 1. The molecule has 172 valence electrons. The molecule has 0 bridgehead atoms. The highest BCUT2D eigenvalue weighted by molar-refractivity contribution is 7.90. The number of rotatable bonds is 8. The van der Waals surface area contributed by atoms with Gasteiger partial charge in [0.1, 0.15) is 16.3 Å². The molecule has 2 heterocycles. The summed E-state index contributed by atoms with van der Waals surface area (Å²) >= 11 is 0. The van der Waals surface area contributed by atoms with Gasteiger partial charge in [-0.25, -0.2) is 21.2 Å². The lowest BCUT2D eigenvalue weighted by Gasteiger charge is -2.12. The lowest BCUT2D eigenvalue weighted by Crippen LogP contribution is -2.12. The number of hydrogen-bond acceptors (Lipinski definition) is 6. The highest BCUT2D eigenvalue weighted by atomic mass is 32.2. The molecule has 0 fully saturated rings. The van der Waals surface area contributed by atoms with Crippen molar-refractivity contribution in [1.29, 1.82) is 0 Å². The first-order valence-electron chi connectivity index (χ1n) is 10.2. The molecule has 0 amide bonds. The number of pyridine rings is 1. The number of nitrogens with one attached hydrogen (secondary N) is 2. The maximum absolute atomic E-state index is 14.5. The largest absolute Gasteiger partial charge is 0.494 e. The second-order valence-electron chi connectivity index (χ2n) is 7.23. The quantitative estimate of drug-likeness (QED) is 0.395. The predicted molar refractivity (Wildman–Crippen MR) is 122 cm³/mol. The van der Waals surface area contributed by atoms with Gasteiger partial charge >= 0.3 is 0 Å². The number of ether oxygens (including phenoxy) is 1. The fraction of sp³-hybridized carbons (Fsp3) is 0.174. The summed E-state index contributed by atoms with van der Waals surface area (Å²) in [6.07, 6.45) is 4.29. The number of hydrogen-bond donors (Lipinski definition) is 2.